The summed E-state index contributed by atoms with van der Waals surface area (Å²) in [5.74, 6) is 0. The summed E-state index contributed by atoms with van der Waals surface area (Å²) in [7, 11) is 0. The summed E-state index contributed by atoms with van der Waals surface area (Å²) in [5.41, 5.74) is -0.493. The lowest BCUT2D eigenvalue weighted by Crippen LogP contribution is -2.40. The molecule has 2 N–H and O–H groups in total. The van der Waals surface area contributed by atoms with E-state index in [4.69, 9.17) is 4.74 Å². The van der Waals surface area contributed by atoms with E-state index >= 15 is 0 Å². The highest BCUT2D eigenvalue weighted by Gasteiger charge is 2.35. The molecular formula is C16H32N2O3. The monoisotopic (exact) mass is 300 g/mol. The van der Waals surface area contributed by atoms with Gasteiger partial charge in [0.1, 0.15) is 5.60 Å². The topological polar surface area (TPSA) is 61.8 Å². The lowest BCUT2D eigenvalue weighted by atomic mass is 10.1. The van der Waals surface area contributed by atoms with Crippen LogP contribution in [0, 0.1) is 0 Å². The average molecular weight is 300 g/mol. The maximum atomic E-state index is 12.0. The first-order chi connectivity index (χ1) is 9.83. The number of nitrogens with zero attached hydrogens (tertiary/aromatic N) is 1. The van der Waals surface area contributed by atoms with E-state index in [9.17, 15) is 9.90 Å². The van der Waals surface area contributed by atoms with E-state index in [0.29, 0.717) is 13.1 Å². The van der Waals surface area contributed by atoms with Crippen LogP contribution in [0.25, 0.3) is 0 Å². The van der Waals surface area contributed by atoms with Crippen molar-refractivity contribution in [2.24, 2.45) is 0 Å². The van der Waals surface area contributed by atoms with Crippen molar-refractivity contribution in [2.75, 3.05) is 19.6 Å². The van der Waals surface area contributed by atoms with E-state index in [1.165, 1.54) is 25.7 Å². The number of carbonyl (C=O) groups excluding carboxylic acids is 1. The molecule has 0 radical (unpaired) electrons. The first-order valence-corrected chi connectivity index (χ1v) is 8.23. The summed E-state index contributed by atoms with van der Waals surface area (Å²) in [4.78, 5) is 13.6. The van der Waals surface area contributed by atoms with Gasteiger partial charge < -0.3 is 20.1 Å². The Kier molecular flexibility index (Phi) is 7.46. The fourth-order valence-electron chi connectivity index (χ4n) is 2.48. The Morgan fingerprint density at radius 2 is 1.90 bits per heavy atom. The SMILES string of the molecule is CCCCCCCN[C@@H]1CN(C(=O)OC(C)(C)C)C[C@H]1O. The molecule has 1 fully saturated rings. The predicted molar refractivity (Wildman–Crippen MR) is 84.4 cm³/mol. The first kappa shape index (κ1) is 18.2. The summed E-state index contributed by atoms with van der Waals surface area (Å²) in [6.07, 6.45) is 5.31. The number of carbonyl (C=O) groups is 1. The number of aliphatic hydroxyl groups excluding tert-OH is 1. The summed E-state index contributed by atoms with van der Waals surface area (Å²) >= 11 is 0. The van der Waals surface area contributed by atoms with Crippen molar-refractivity contribution in [3.8, 4) is 0 Å². The summed E-state index contributed by atoms with van der Waals surface area (Å²) in [5, 5.41) is 13.4. The number of rotatable bonds is 7. The van der Waals surface area contributed by atoms with Crippen LogP contribution in [0.4, 0.5) is 4.79 Å². The molecule has 1 aliphatic rings. The highest BCUT2D eigenvalue weighted by atomic mass is 16.6. The predicted octanol–water partition coefficient (Wildman–Crippen LogP) is 2.53. The molecule has 0 aromatic rings. The lowest BCUT2D eigenvalue weighted by Gasteiger charge is -2.24. The molecule has 0 spiro atoms. The van der Waals surface area contributed by atoms with Crippen LogP contribution in [0.3, 0.4) is 0 Å². The van der Waals surface area contributed by atoms with Gasteiger partial charge in [0.2, 0.25) is 0 Å². The number of hydrogen-bond acceptors (Lipinski definition) is 4. The molecule has 21 heavy (non-hydrogen) atoms. The molecule has 0 aromatic heterocycles. The van der Waals surface area contributed by atoms with Crippen LogP contribution in [0.2, 0.25) is 0 Å². The van der Waals surface area contributed by atoms with Gasteiger partial charge in [0.25, 0.3) is 0 Å². The van der Waals surface area contributed by atoms with E-state index in [-0.39, 0.29) is 12.1 Å². The van der Waals surface area contributed by atoms with Gasteiger partial charge in [0, 0.05) is 6.54 Å². The second-order valence-corrected chi connectivity index (χ2v) is 6.93. The van der Waals surface area contributed by atoms with E-state index in [0.717, 1.165) is 13.0 Å². The minimum Gasteiger partial charge on any atom is -0.444 e. The van der Waals surface area contributed by atoms with E-state index in [1.807, 2.05) is 20.8 Å². The van der Waals surface area contributed by atoms with Gasteiger partial charge in [-0.3, -0.25) is 0 Å². The fourth-order valence-corrected chi connectivity index (χ4v) is 2.48. The maximum absolute atomic E-state index is 12.0. The summed E-state index contributed by atoms with van der Waals surface area (Å²) in [6, 6.07) is -0.0382. The Morgan fingerprint density at radius 3 is 2.52 bits per heavy atom. The minimum absolute atomic E-state index is 0.0382. The van der Waals surface area contributed by atoms with Crippen molar-refractivity contribution in [3.63, 3.8) is 0 Å². The van der Waals surface area contributed by atoms with Gasteiger partial charge in [-0.1, -0.05) is 32.6 Å². The molecule has 0 bridgehead atoms. The highest BCUT2D eigenvalue weighted by Crippen LogP contribution is 2.16. The van der Waals surface area contributed by atoms with Gasteiger partial charge >= 0.3 is 6.09 Å². The molecule has 1 aliphatic heterocycles. The first-order valence-electron chi connectivity index (χ1n) is 8.23. The number of hydrogen-bond donors (Lipinski definition) is 2. The summed E-state index contributed by atoms with van der Waals surface area (Å²) < 4.78 is 5.34. The standard InChI is InChI=1S/C16H32N2O3/c1-5-6-7-8-9-10-17-13-11-18(12-14(13)19)15(20)21-16(2,3)4/h13-14,17,19H,5-12H2,1-4H3/t13-,14-/m1/s1. The molecule has 0 aromatic carbocycles. The van der Waals surface area contributed by atoms with Crippen molar-refractivity contribution >= 4 is 6.09 Å². The quantitative estimate of drug-likeness (QED) is 0.709. The van der Waals surface area contributed by atoms with Crippen LogP contribution >= 0.6 is 0 Å². The van der Waals surface area contributed by atoms with Gasteiger partial charge in [-0.2, -0.15) is 0 Å². The van der Waals surface area contributed by atoms with Crippen molar-refractivity contribution in [3.05, 3.63) is 0 Å². The zero-order valence-electron chi connectivity index (χ0n) is 14.0. The van der Waals surface area contributed by atoms with Gasteiger partial charge in [-0.05, 0) is 33.7 Å². The number of amides is 1. The van der Waals surface area contributed by atoms with Crippen molar-refractivity contribution in [2.45, 2.75) is 77.5 Å². The van der Waals surface area contributed by atoms with Crippen LogP contribution < -0.4 is 5.32 Å². The third-order valence-corrected chi connectivity index (χ3v) is 3.63. The van der Waals surface area contributed by atoms with Crippen LogP contribution in [0.5, 0.6) is 0 Å². The molecule has 1 heterocycles. The molecule has 1 amide bonds. The molecular weight excluding hydrogens is 268 g/mol. The number of likely N-dealkylation sites (tertiary alicyclic amines) is 1. The van der Waals surface area contributed by atoms with Crippen LogP contribution in [0.15, 0.2) is 0 Å². The zero-order chi connectivity index (χ0) is 15.9. The smallest absolute Gasteiger partial charge is 0.410 e. The highest BCUT2D eigenvalue weighted by molar-refractivity contribution is 5.68. The molecule has 5 nitrogen and oxygen atoms in total. The van der Waals surface area contributed by atoms with Crippen molar-refractivity contribution in [1.29, 1.82) is 0 Å². The number of unbranched alkanes of at least 4 members (excludes halogenated alkanes) is 4. The van der Waals surface area contributed by atoms with Gasteiger partial charge in [0.05, 0.1) is 18.7 Å². The molecule has 124 valence electrons. The largest absolute Gasteiger partial charge is 0.444 e. The maximum Gasteiger partial charge on any atom is 0.410 e. The molecule has 2 atom stereocenters. The third-order valence-electron chi connectivity index (χ3n) is 3.63. The fraction of sp³-hybridized carbons (Fsp3) is 0.938. The Labute approximate surface area is 129 Å². The van der Waals surface area contributed by atoms with E-state index < -0.39 is 11.7 Å². The Morgan fingerprint density at radius 1 is 1.24 bits per heavy atom. The molecule has 5 heteroatoms. The van der Waals surface area contributed by atoms with Crippen LogP contribution in [-0.4, -0.2) is 53.5 Å². The second-order valence-electron chi connectivity index (χ2n) is 6.93. The van der Waals surface area contributed by atoms with Crippen LogP contribution in [-0.2, 0) is 4.74 Å². The number of nitrogens with one attached hydrogen (secondary N) is 1. The average Bonchev–Trinajstić information content (AvgIpc) is 2.73. The zero-order valence-corrected chi connectivity index (χ0v) is 14.0. The van der Waals surface area contributed by atoms with Crippen LogP contribution in [0.1, 0.15) is 59.8 Å². The molecule has 1 rings (SSSR count). The van der Waals surface area contributed by atoms with Crippen molar-refractivity contribution < 1.29 is 14.6 Å². The molecule has 0 saturated carbocycles. The third kappa shape index (κ3) is 7.14. The Hall–Kier alpha value is -0.810. The lowest BCUT2D eigenvalue weighted by molar-refractivity contribution is 0.0270. The summed E-state index contributed by atoms with van der Waals surface area (Å²) in [6.45, 7) is 9.52. The van der Waals surface area contributed by atoms with Crippen molar-refractivity contribution in [1.82, 2.24) is 10.2 Å². The number of ether oxygens (including phenoxy) is 1. The molecule has 0 unspecified atom stereocenters. The molecule has 1 saturated heterocycles. The van der Waals surface area contributed by atoms with Gasteiger partial charge in [-0.25, -0.2) is 4.79 Å². The van der Waals surface area contributed by atoms with Gasteiger partial charge in [-0.15, -0.1) is 0 Å². The number of β-amino-alcohol motifs (C(OH)–C–C–N with tert-alkyl or cyclic N) is 1. The van der Waals surface area contributed by atoms with E-state index in [2.05, 4.69) is 12.2 Å². The number of aliphatic hydroxyl groups is 1. The molecule has 0 aliphatic carbocycles. The Balaban J connectivity index is 2.24. The van der Waals surface area contributed by atoms with E-state index in [1.54, 1.807) is 4.90 Å². The van der Waals surface area contributed by atoms with Gasteiger partial charge in [0.15, 0.2) is 0 Å². The minimum atomic E-state index is -0.506. The normalized spacial score (nSPS) is 22.6. The second kappa shape index (κ2) is 8.59. The Bertz CT molecular complexity index is 315.